The van der Waals surface area contributed by atoms with E-state index in [1.807, 2.05) is 20.8 Å². The molecule has 2 rings (SSSR count). The van der Waals surface area contributed by atoms with Gasteiger partial charge in [-0.15, -0.1) is 11.3 Å². The number of hydrogen-bond acceptors (Lipinski definition) is 5. The second kappa shape index (κ2) is 7.70. The predicted octanol–water partition coefficient (Wildman–Crippen LogP) is 3.25. The lowest BCUT2D eigenvalue weighted by Gasteiger charge is -2.16. The van der Waals surface area contributed by atoms with Crippen molar-refractivity contribution in [2.24, 2.45) is 0 Å². The van der Waals surface area contributed by atoms with Crippen molar-refractivity contribution < 1.29 is 9.59 Å². The monoisotopic (exact) mass is 376 g/mol. The summed E-state index contributed by atoms with van der Waals surface area (Å²) >= 11 is 1.35. The number of carbonyl (C=O) groups is 2. The number of nitrogens with zero attached hydrogens (tertiary/aromatic N) is 2. The van der Waals surface area contributed by atoms with Gasteiger partial charge in [-0.1, -0.05) is 27.7 Å². The van der Waals surface area contributed by atoms with Crippen LogP contribution in [-0.2, 0) is 10.2 Å². The van der Waals surface area contributed by atoms with Gasteiger partial charge in [0, 0.05) is 17.3 Å². The molecule has 0 aromatic carbocycles. The number of rotatable bonds is 5. The fourth-order valence-electron chi connectivity index (χ4n) is 2.62. The van der Waals surface area contributed by atoms with Gasteiger partial charge in [-0.3, -0.25) is 9.59 Å². The van der Waals surface area contributed by atoms with Crippen LogP contribution in [0.5, 0.6) is 0 Å². The number of aryl methyl sites for hydroxylation is 2. The van der Waals surface area contributed by atoms with Gasteiger partial charge in [0.2, 0.25) is 5.91 Å². The van der Waals surface area contributed by atoms with Crippen molar-refractivity contribution in [1.29, 1.82) is 0 Å². The summed E-state index contributed by atoms with van der Waals surface area (Å²) in [5.74, 6) is 0.342. The quantitative estimate of drug-likeness (QED) is 0.839. The SMILES string of the molecule is CCCNC(=O)C(C)NC(=O)c1sc2nc(C(C)(C)C)nc(C)c2c1C. The van der Waals surface area contributed by atoms with Crippen LogP contribution in [0.3, 0.4) is 0 Å². The van der Waals surface area contributed by atoms with Crippen molar-refractivity contribution in [3.05, 3.63) is 22.0 Å². The number of nitrogens with one attached hydrogen (secondary N) is 2. The molecule has 26 heavy (non-hydrogen) atoms. The average molecular weight is 377 g/mol. The molecule has 0 spiro atoms. The van der Waals surface area contributed by atoms with Gasteiger partial charge >= 0.3 is 0 Å². The molecule has 2 aromatic rings. The number of aromatic nitrogens is 2. The molecular formula is C19H28N4O2S. The van der Waals surface area contributed by atoms with E-state index in [-0.39, 0.29) is 17.2 Å². The molecule has 1 atom stereocenters. The van der Waals surface area contributed by atoms with Crippen LogP contribution in [0, 0.1) is 13.8 Å². The molecule has 0 saturated heterocycles. The van der Waals surface area contributed by atoms with Gasteiger partial charge in [-0.2, -0.15) is 0 Å². The molecule has 2 aromatic heterocycles. The first-order valence-electron chi connectivity index (χ1n) is 8.93. The first-order valence-corrected chi connectivity index (χ1v) is 9.74. The summed E-state index contributed by atoms with van der Waals surface area (Å²) in [5.41, 5.74) is 1.58. The fourth-order valence-corrected chi connectivity index (χ4v) is 3.76. The molecule has 0 aliphatic heterocycles. The molecule has 7 heteroatoms. The summed E-state index contributed by atoms with van der Waals surface area (Å²) in [6, 6.07) is -0.587. The zero-order valence-electron chi connectivity index (χ0n) is 16.6. The highest BCUT2D eigenvalue weighted by Gasteiger charge is 2.24. The summed E-state index contributed by atoms with van der Waals surface area (Å²) in [5, 5.41) is 6.50. The number of hydrogen-bond donors (Lipinski definition) is 2. The highest BCUT2D eigenvalue weighted by Crippen LogP contribution is 2.33. The molecule has 0 fully saturated rings. The summed E-state index contributed by atoms with van der Waals surface area (Å²) in [6.45, 7) is 14.3. The largest absolute Gasteiger partial charge is 0.354 e. The molecular weight excluding hydrogens is 348 g/mol. The maximum absolute atomic E-state index is 12.7. The van der Waals surface area contributed by atoms with Crippen molar-refractivity contribution in [2.75, 3.05) is 6.54 Å². The van der Waals surface area contributed by atoms with Crippen LogP contribution in [0.4, 0.5) is 0 Å². The molecule has 142 valence electrons. The third-order valence-corrected chi connectivity index (χ3v) is 5.32. The lowest BCUT2D eigenvalue weighted by atomic mass is 9.95. The Labute approximate surface area is 158 Å². The minimum Gasteiger partial charge on any atom is -0.354 e. The highest BCUT2D eigenvalue weighted by atomic mass is 32.1. The van der Waals surface area contributed by atoms with Crippen molar-refractivity contribution in [3.63, 3.8) is 0 Å². The molecule has 1 unspecified atom stereocenters. The van der Waals surface area contributed by atoms with Crippen LogP contribution >= 0.6 is 11.3 Å². The van der Waals surface area contributed by atoms with E-state index in [4.69, 9.17) is 0 Å². The van der Waals surface area contributed by atoms with Crippen molar-refractivity contribution in [1.82, 2.24) is 20.6 Å². The van der Waals surface area contributed by atoms with Gasteiger partial charge in [0.1, 0.15) is 16.7 Å². The van der Waals surface area contributed by atoms with Crippen molar-refractivity contribution in [2.45, 2.75) is 66.3 Å². The van der Waals surface area contributed by atoms with Crippen LogP contribution < -0.4 is 10.6 Å². The van der Waals surface area contributed by atoms with Crippen LogP contribution in [0.1, 0.15) is 67.8 Å². The maximum Gasteiger partial charge on any atom is 0.262 e. The topological polar surface area (TPSA) is 84.0 Å². The van der Waals surface area contributed by atoms with E-state index < -0.39 is 6.04 Å². The highest BCUT2D eigenvalue weighted by molar-refractivity contribution is 7.20. The van der Waals surface area contributed by atoms with Gasteiger partial charge in [0.15, 0.2) is 0 Å². The van der Waals surface area contributed by atoms with Crippen LogP contribution in [0.25, 0.3) is 10.2 Å². The normalized spacial score (nSPS) is 12.9. The first-order chi connectivity index (χ1) is 12.1. The molecule has 2 heterocycles. The van der Waals surface area contributed by atoms with Crippen LogP contribution in [-0.4, -0.2) is 34.4 Å². The first kappa shape index (κ1) is 20.3. The van der Waals surface area contributed by atoms with Gasteiger partial charge in [-0.25, -0.2) is 9.97 Å². The Morgan fingerprint density at radius 2 is 1.85 bits per heavy atom. The number of amides is 2. The Bertz CT molecular complexity index is 836. The Balaban J connectivity index is 2.32. The van der Waals surface area contributed by atoms with E-state index in [1.165, 1.54) is 11.3 Å². The number of thiophene rings is 1. The average Bonchev–Trinajstić information content (AvgIpc) is 2.89. The van der Waals surface area contributed by atoms with Crippen LogP contribution in [0.15, 0.2) is 0 Å². The molecule has 2 amide bonds. The molecule has 2 N–H and O–H groups in total. The standard InChI is InChI=1S/C19H28N4O2S/c1-8-9-20-15(24)12(4)21-16(25)14-10(2)13-11(3)22-18(19(5,6)7)23-17(13)26-14/h12H,8-9H2,1-7H3,(H,20,24)(H,21,25). The molecule has 0 saturated carbocycles. The lowest BCUT2D eigenvalue weighted by Crippen LogP contribution is -2.44. The van der Waals surface area contributed by atoms with E-state index in [0.717, 1.165) is 33.7 Å². The van der Waals surface area contributed by atoms with E-state index in [1.54, 1.807) is 6.92 Å². The third kappa shape index (κ3) is 4.20. The van der Waals surface area contributed by atoms with E-state index in [0.29, 0.717) is 11.4 Å². The predicted molar refractivity (Wildman–Crippen MR) is 106 cm³/mol. The molecule has 0 aliphatic carbocycles. The summed E-state index contributed by atoms with van der Waals surface area (Å²) in [4.78, 5) is 35.4. The van der Waals surface area contributed by atoms with E-state index >= 15 is 0 Å². The van der Waals surface area contributed by atoms with Crippen LogP contribution in [0.2, 0.25) is 0 Å². The van der Waals surface area contributed by atoms with Gasteiger partial charge in [0.25, 0.3) is 5.91 Å². The second-order valence-electron chi connectivity index (χ2n) is 7.61. The molecule has 0 aliphatic rings. The Morgan fingerprint density at radius 1 is 1.19 bits per heavy atom. The van der Waals surface area contributed by atoms with Gasteiger partial charge < -0.3 is 10.6 Å². The fraction of sp³-hybridized carbons (Fsp3) is 0.579. The molecule has 0 bridgehead atoms. The smallest absolute Gasteiger partial charge is 0.262 e. The summed E-state index contributed by atoms with van der Waals surface area (Å²) in [7, 11) is 0. The zero-order chi connectivity index (χ0) is 19.6. The summed E-state index contributed by atoms with van der Waals surface area (Å²) < 4.78 is 0. The Hall–Kier alpha value is -2.02. The minimum absolute atomic E-state index is 0.162. The molecule has 0 radical (unpaired) electrons. The minimum atomic E-state index is -0.587. The van der Waals surface area contributed by atoms with Crippen molar-refractivity contribution >= 4 is 33.4 Å². The number of fused-ring (bicyclic) bond motifs is 1. The van der Waals surface area contributed by atoms with E-state index in [2.05, 4.69) is 41.4 Å². The second-order valence-corrected chi connectivity index (χ2v) is 8.60. The number of carbonyl (C=O) groups excluding carboxylic acids is 2. The Kier molecular flexibility index (Phi) is 6.01. The Morgan fingerprint density at radius 3 is 2.42 bits per heavy atom. The van der Waals surface area contributed by atoms with Gasteiger partial charge in [-0.05, 0) is 32.8 Å². The van der Waals surface area contributed by atoms with Gasteiger partial charge in [0.05, 0.1) is 10.6 Å². The zero-order valence-corrected chi connectivity index (χ0v) is 17.4. The summed E-state index contributed by atoms with van der Waals surface area (Å²) in [6.07, 6.45) is 0.857. The maximum atomic E-state index is 12.7. The molecule has 6 nitrogen and oxygen atoms in total. The third-order valence-electron chi connectivity index (χ3n) is 4.14. The van der Waals surface area contributed by atoms with Crippen molar-refractivity contribution in [3.8, 4) is 0 Å². The lowest BCUT2D eigenvalue weighted by molar-refractivity contribution is -0.122. The van der Waals surface area contributed by atoms with E-state index in [9.17, 15) is 9.59 Å².